The van der Waals surface area contributed by atoms with Gasteiger partial charge in [0.1, 0.15) is 0 Å². The molecule has 2 aliphatic heterocycles. The van der Waals surface area contributed by atoms with Gasteiger partial charge in [0.05, 0.1) is 23.4 Å². The van der Waals surface area contributed by atoms with E-state index in [1.54, 1.807) is 4.90 Å². The summed E-state index contributed by atoms with van der Waals surface area (Å²) in [4.78, 5) is 15.8. The molecule has 2 fully saturated rings. The first-order valence-corrected chi connectivity index (χ1v) is 12.0. The first-order chi connectivity index (χ1) is 12.3. The molecule has 0 unspecified atom stereocenters. The normalized spacial score (nSPS) is 24.7. The van der Waals surface area contributed by atoms with Gasteiger partial charge in [-0.15, -0.1) is 11.8 Å². The van der Waals surface area contributed by atoms with Gasteiger partial charge in [-0.3, -0.25) is 4.79 Å². The van der Waals surface area contributed by atoms with E-state index >= 15 is 0 Å². The van der Waals surface area contributed by atoms with Crippen LogP contribution in [-0.4, -0.2) is 61.8 Å². The number of nitrogens with zero attached hydrogens (tertiary/aromatic N) is 1. The molecule has 0 aromatic heterocycles. The lowest BCUT2D eigenvalue weighted by Crippen LogP contribution is -2.46. The summed E-state index contributed by atoms with van der Waals surface area (Å²) in [6, 6.07) is 6.00. The van der Waals surface area contributed by atoms with E-state index in [1.807, 2.05) is 19.1 Å². The van der Waals surface area contributed by atoms with Crippen LogP contribution in [0.2, 0.25) is 0 Å². The number of ether oxygens (including phenoxy) is 1. The van der Waals surface area contributed by atoms with Crippen molar-refractivity contribution < 1.29 is 17.9 Å². The van der Waals surface area contributed by atoms with Crippen molar-refractivity contribution >= 4 is 27.5 Å². The van der Waals surface area contributed by atoms with Gasteiger partial charge in [0.2, 0.25) is 5.91 Å². The Labute approximate surface area is 160 Å². The lowest BCUT2D eigenvalue weighted by Gasteiger charge is -2.30. The Morgan fingerprint density at radius 1 is 1.31 bits per heavy atom. The minimum atomic E-state index is -3.03. The van der Waals surface area contributed by atoms with Crippen LogP contribution < -0.4 is 0 Å². The fraction of sp³-hybridized carbons (Fsp3) is 0.632. The van der Waals surface area contributed by atoms with Crippen molar-refractivity contribution in [2.75, 3.05) is 30.4 Å². The topological polar surface area (TPSA) is 63.7 Å². The van der Waals surface area contributed by atoms with Crippen LogP contribution in [0.5, 0.6) is 0 Å². The summed E-state index contributed by atoms with van der Waals surface area (Å²) in [5, 5.41) is 0. The molecule has 0 N–H and O–H groups in total. The molecule has 0 aliphatic carbocycles. The smallest absolute Gasteiger partial charge is 0.233 e. The molecular weight excluding hydrogens is 370 g/mol. The Morgan fingerprint density at radius 3 is 2.73 bits per heavy atom. The van der Waals surface area contributed by atoms with Gasteiger partial charge in [0.25, 0.3) is 0 Å². The predicted octanol–water partition coefficient (Wildman–Crippen LogP) is 2.59. The van der Waals surface area contributed by atoms with E-state index in [2.05, 4.69) is 13.0 Å². The molecule has 1 aromatic carbocycles. The van der Waals surface area contributed by atoms with E-state index in [0.717, 1.165) is 29.9 Å². The number of carbonyl (C=O) groups excluding carboxylic acids is 1. The van der Waals surface area contributed by atoms with Crippen LogP contribution >= 0.6 is 11.8 Å². The van der Waals surface area contributed by atoms with Crippen molar-refractivity contribution in [2.45, 2.75) is 50.2 Å². The highest BCUT2D eigenvalue weighted by Crippen LogP contribution is 2.26. The largest absolute Gasteiger partial charge is 0.376 e. The van der Waals surface area contributed by atoms with Gasteiger partial charge >= 0.3 is 0 Å². The van der Waals surface area contributed by atoms with E-state index in [1.165, 1.54) is 17.3 Å². The molecular formula is C19H27NO4S2. The van der Waals surface area contributed by atoms with Crippen molar-refractivity contribution in [1.29, 1.82) is 0 Å². The second-order valence-corrected chi connectivity index (χ2v) is 10.5. The summed E-state index contributed by atoms with van der Waals surface area (Å²) in [7, 11) is -3.03. The van der Waals surface area contributed by atoms with Crippen molar-refractivity contribution in [3.05, 3.63) is 29.3 Å². The molecule has 0 bridgehead atoms. The molecule has 0 saturated carbocycles. The summed E-state index contributed by atoms with van der Waals surface area (Å²) in [6.45, 7) is 5.34. The second-order valence-electron chi connectivity index (χ2n) is 7.30. The van der Waals surface area contributed by atoms with Crippen LogP contribution in [0.3, 0.4) is 0 Å². The number of carbonyl (C=O) groups is 1. The Bertz CT molecular complexity index is 757. The zero-order valence-electron chi connectivity index (χ0n) is 15.4. The van der Waals surface area contributed by atoms with E-state index < -0.39 is 9.84 Å². The van der Waals surface area contributed by atoms with Crippen LogP contribution in [0.1, 0.15) is 30.4 Å². The number of aryl methyl sites for hydroxylation is 2. The predicted molar refractivity (Wildman–Crippen MR) is 104 cm³/mol. The minimum Gasteiger partial charge on any atom is -0.376 e. The van der Waals surface area contributed by atoms with E-state index in [0.29, 0.717) is 18.7 Å². The molecule has 3 rings (SSSR count). The summed E-state index contributed by atoms with van der Waals surface area (Å²) in [6.07, 6.45) is 2.52. The number of hydrogen-bond donors (Lipinski definition) is 0. The van der Waals surface area contributed by atoms with Gasteiger partial charge in [-0.25, -0.2) is 8.42 Å². The number of amides is 1. The van der Waals surface area contributed by atoms with Crippen molar-refractivity contribution in [3.63, 3.8) is 0 Å². The zero-order valence-corrected chi connectivity index (χ0v) is 17.1. The second kappa shape index (κ2) is 8.31. The Hall–Kier alpha value is -1.05. The number of thioether (sulfide) groups is 1. The first-order valence-electron chi connectivity index (χ1n) is 9.15. The quantitative estimate of drug-likeness (QED) is 0.691. The van der Waals surface area contributed by atoms with Crippen molar-refractivity contribution in [1.82, 2.24) is 4.90 Å². The van der Waals surface area contributed by atoms with Crippen molar-refractivity contribution in [2.24, 2.45) is 0 Å². The van der Waals surface area contributed by atoms with E-state index in [-0.39, 0.29) is 29.6 Å². The molecule has 7 heteroatoms. The third-order valence-electron chi connectivity index (χ3n) is 5.08. The van der Waals surface area contributed by atoms with Gasteiger partial charge in [0, 0.05) is 24.1 Å². The van der Waals surface area contributed by atoms with Crippen LogP contribution in [0, 0.1) is 13.8 Å². The molecule has 1 amide bonds. The van der Waals surface area contributed by atoms with Crippen LogP contribution in [-0.2, 0) is 19.4 Å². The molecule has 2 heterocycles. The molecule has 0 spiro atoms. The molecule has 2 aliphatic rings. The summed E-state index contributed by atoms with van der Waals surface area (Å²) >= 11 is 1.53. The lowest BCUT2D eigenvalue weighted by atomic mass is 10.1. The van der Waals surface area contributed by atoms with Gasteiger partial charge in [-0.05, 0) is 44.7 Å². The van der Waals surface area contributed by atoms with Gasteiger partial charge in [-0.1, -0.05) is 17.7 Å². The van der Waals surface area contributed by atoms with Crippen LogP contribution in [0.25, 0.3) is 0 Å². The summed E-state index contributed by atoms with van der Waals surface area (Å²) in [5.74, 6) is 0.594. The fourth-order valence-electron chi connectivity index (χ4n) is 3.67. The highest BCUT2D eigenvalue weighted by Gasteiger charge is 2.36. The lowest BCUT2D eigenvalue weighted by molar-refractivity contribution is -0.131. The summed E-state index contributed by atoms with van der Waals surface area (Å²) in [5.41, 5.74) is 2.37. The third kappa shape index (κ3) is 5.02. The monoisotopic (exact) mass is 397 g/mol. The molecule has 0 radical (unpaired) electrons. The maximum absolute atomic E-state index is 12.9. The maximum Gasteiger partial charge on any atom is 0.233 e. The Balaban J connectivity index is 1.67. The first kappa shape index (κ1) is 19.7. The van der Waals surface area contributed by atoms with E-state index in [9.17, 15) is 13.2 Å². The van der Waals surface area contributed by atoms with Crippen LogP contribution in [0.4, 0.5) is 0 Å². The van der Waals surface area contributed by atoms with Gasteiger partial charge in [0.15, 0.2) is 9.84 Å². The number of hydrogen-bond acceptors (Lipinski definition) is 5. The maximum atomic E-state index is 12.9. The Morgan fingerprint density at radius 2 is 2.12 bits per heavy atom. The zero-order chi connectivity index (χ0) is 18.7. The summed E-state index contributed by atoms with van der Waals surface area (Å²) < 4.78 is 29.5. The molecule has 26 heavy (non-hydrogen) atoms. The fourth-order valence-corrected chi connectivity index (χ4v) is 6.29. The standard InChI is InChI=1S/C19H27NO4S2/c1-14-5-6-18(15(2)10-14)25-12-19(21)20(11-17-4-3-8-24-17)16-7-9-26(22,23)13-16/h5-6,10,16-17H,3-4,7-9,11-13H2,1-2H3/t16-,17+/m1/s1. The average molecular weight is 398 g/mol. The SMILES string of the molecule is Cc1ccc(SCC(=O)N(C[C@@H]2CCCO2)[C@@H]2CCS(=O)(=O)C2)c(C)c1. The van der Waals surface area contributed by atoms with Crippen LogP contribution in [0.15, 0.2) is 23.1 Å². The number of rotatable bonds is 6. The minimum absolute atomic E-state index is 0.00701. The van der Waals surface area contributed by atoms with Gasteiger partial charge < -0.3 is 9.64 Å². The Kier molecular flexibility index (Phi) is 6.30. The average Bonchev–Trinajstić information content (AvgIpc) is 3.20. The third-order valence-corrected chi connectivity index (χ3v) is 7.99. The molecule has 2 saturated heterocycles. The van der Waals surface area contributed by atoms with Gasteiger partial charge in [-0.2, -0.15) is 0 Å². The van der Waals surface area contributed by atoms with Crippen molar-refractivity contribution in [3.8, 4) is 0 Å². The highest BCUT2D eigenvalue weighted by molar-refractivity contribution is 8.00. The molecule has 1 aromatic rings. The number of sulfone groups is 1. The number of benzene rings is 1. The molecule has 2 atom stereocenters. The molecule has 5 nitrogen and oxygen atoms in total. The van der Waals surface area contributed by atoms with E-state index in [4.69, 9.17) is 4.74 Å². The molecule has 144 valence electrons. The highest BCUT2D eigenvalue weighted by atomic mass is 32.2.